The molecule has 3 rings (SSSR count). The van der Waals surface area contributed by atoms with Crippen LogP contribution in [0.1, 0.15) is 49.8 Å². The van der Waals surface area contributed by atoms with Gasteiger partial charge in [0.05, 0.1) is 6.61 Å². The van der Waals surface area contributed by atoms with Gasteiger partial charge in [-0.05, 0) is 20.3 Å². The van der Waals surface area contributed by atoms with E-state index in [2.05, 4.69) is 25.8 Å². The molecule has 0 spiro atoms. The fourth-order valence-electron chi connectivity index (χ4n) is 3.64. The highest BCUT2D eigenvalue weighted by Gasteiger charge is 2.55. The molecule has 1 fully saturated rings. The Morgan fingerprint density at radius 1 is 1.26 bits per heavy atom. The molecule has 0 radical (unpaired) electrons. The van der Waals surface area contributed by atoms with Gasteiger partial charge in [-0.3, -0.25) is 28.5 Å². The Morgan fingerprint density at radius 3 is 2.53 bits per heavy atom. The number of rotatable bonds is 16. The summed E-state index contributed by atoms with van der Waals surface area (Å²) in [6, 6.07) is -2.40. The van der Waals surface area contributed by atoms with Crippen molar-refractivity contribution in [2.24, 2.45) is 5.16 Å². The number of pyridine rings is 1. The number of nitrogen functional groups attached to an aromatic ring is 1. The van der Waals surface area contributed by atoms with Gasteiger partial charge in [0.2, 0.25) is 11.0 Å². The summed E-state index contributed by atoms with van der Waals surface area (Å²) in [7, 11) is -5.19. The first kappa shape index (κ1) is 36.4. The number of H-pyrrole nitrogens is 1. The number of aromatic amines is 1. The van der Waals surface area contributed by atoms with Crippen molar-refractivity contribution in [1.82, 2.24) is 24.9 Å². The summed E-state index contributed by atoms with van der Waals surface area (Å²) in [6.45, 7) is 2.86. The van der Waals surface area contributed by atoms with Crippen molar-refractivity contribution in [2.75, 3.05) is 25.5 Å². The zero-order valence-corrected chi connectivity index (χ0v) is 26.7. The number of ether oxygens (including phenoxy) is 2. The molecule has 3 heterocycles. The minimum atomic E-state index is -5.19. The largest absolute Gasteiger partial charge is 0.488 e. The van der Waals surface area contributed by atoms with Crippen molar-refractivity contribution in [3.8, 4) is 5.75 Å². The zero-order valence-electron chi connectivity index (χ0n) is 25.0. The van der Waals surface area contributed by atoms with Crippen LogP contribution in [0.25, 0.3) is 0 Å². The average Bonchev–Trinajstić information content (AvgIpc) is 3.42. The van der Waals surface area contributed by atoms with Crippen LogP contribution < -0.4 is 26.5 Å². The predicted molar refractivity (Wildman–Crippen MR) is 161 cm³/mol. The van der Waals surface area contributed by atoms with Gasteiger partial charge in [0.15, 0.2) is 16.6 Å². The number of aliphatic carboxylic acids is 1. The summed E-state index contributed by atoms with van der Waals surface area (Å²) in [5.74, 6) is -5.93. The van der Waals surface area contributed by atoms with Crippen molar-refractivity contribution in [2.45, 2.75) is 51.3 Å². The highest BCUT2D eigenvalue weighted by atomic mass is 32.2. The van der Waals surface area contributed by atoms with E-state index in [1.54, 1.807) is 0 Å². The standard InChI is InChI=1S/C25H31N7O13S2/c1-4-5-6-43-16-8-27-12(7-15(16)33)20(35)28-9-17(34)44-10-14-19(22(37)32(14)47(40,41)42)30-21(36)18(13-11-46-24(26)29-13)31-45-25(2,3)23(38)39/h7-8,11,14,19H,4-6,9-10H2,1-3H3,(H2,26,29)(H,27,33)(H,28,35)(H,30,36)(H,38,39)(H,40,41,42)/b31-18-/t14-,19+/m1/s1. The Balaban J connectivity index is 1.68. The minimum absolute atomic E-state index is 0.000207. The van der Waals surface area contributed by atoms with Gasteiger partial charge in [-0.25, -0.2) is 14.1 Å². The van der Waals surface area contributed by atoms with Gasteiger partial charge in [0.1, 0.15) is 36.6 Å². The second kappa shape index (κ2) is 15.0. The Labute approximate surface area is 270 Å². The second-order valence-corrected chi connectivity index (χ2v) is 12.4. The van der Waals surface area contributed by atoms with E-state index >= 15 is 0 Å². The highest BCUT2D eigenvalue weighted by Crippen LogP contribution is 2.25. The molecule has 1 saturated heterocycles. The first-order valence-corrected chi connectivity index (χ1v) is 15.9. The first-order valence-electron chi connectivity index (χ1n) is 13.6. The van der Waals surface area contributed by atoms with Crippen molar-refractivity contribution in [3.05, 3.63) is 39.3 Å². The lowest BCUT2D eigenvalue weighted by molar-refractivity contribution is -0.161. The lowest BCUT2D eigenvalue weighted by atomic mass is 9.99. The van der Waals surface area contributed by atoms with Crippen molar-refractivity contribution in [3.63, 3.8) is 0 Å². The summed E-state index contributed by atoms with van der Waals surface area (Å²) in [4.78, 5) is 85.5. The summed E-state index contributed by atoms with van der Waals surface area (Å²) in [5.41, 5.74) is 2.10. The van der Waals surface area contributed by atoms with Gasteiger partial charge in [0.25, 0.3) is 17.7 Å². The van der Waals surface area contributed by atoms with Crippen LogP contribution in [0.4, 0.5) is 5.13 Å². The molecule has 0 bridgehead atoms. The molecule has 3 amide bonds. The summed E-state index contributed by atoms with van der Waals surface area (Å²) in [5, 5.41) is 18.5. The Hall–Kier alpha value is -5.09. The average molecular weight is 702 g/mol. The van der Waals surface area contributed by atoms with E-state index in [4.69, 9.17) is 20.0 Å². The van der Waals surface area contributed by atoms with Crippen LogP contribution in [0.2, 0.25) is 0 Å². The normalized spacial score (nSPS) is 16.6. The molecule has 47 heavy (non-hydrogen) atoms. The van der Waals surface area contributed by atoms with E-state index in [9.17, 15) is 46.8 Å². The highest BCUT2D eigenvalue weighted by molar-refractivity contribution is 7.84. The molecule has 7 N–H and O–H groups in total. The predicted octanol–water partition coefficient (Wildman–Crippen LogP) is -1.35. The Morgan fingerprint density at radius 2 is 1.96 bits per heavy atom. The topological polar surface area (TPSA) is 299 Å². The van der Waals surface area contributed by atoms with E-state index in [0.717, 1.165) is 37.7 Å². The molecular weight excluding hydrogens is 670 g/mol. The quantitative estimate of drug-likeness (QED) is 0.0294. The van der Waals surface area contributed by atoms with Crippen molar-refractivity contribution < 1.29 is 56.4 Å². The van der Waals surface area contributed by atoms with E-state index in [-0.39, 0.29) is 26.6 Å². The maximum atomic E-state index is 13.1. The molecule has 2 aromatic rings. The maximum absolute atomic E-state index is 13.1. The molecule has 2 atom stereocenters. The number of thiazole rings is 1. The third-order valence-electron chi connectivity index (χ3n) is 6.25. The number of esters is 1. The maximum Gasteiger partial charge on any atom is 0.362 e. The molecule has 2 aromatic heterocycles. The molecule has 256 valence electrons. The number of nitrogens with zero attached hydrogens (tertiary/aromatic N) is 3. The van der Waals surface area contributed by atoms with E-state index in [1.165, 1.54) is 11.6 Å². The number of oxime groups is 1. The SMILES string of the molecule is CCCCOc1c[nH]c(C(=O)NCC(=O)OC[C@@H]2[C@H](NC(=O)/C(=N\OC(C)(C)C(=O)O)c3csc(N)n3)C(=O)N2S(=O)(=O)O)cc1=O. The van der Waals surface area contributed by atoms with E-state index < -0.39 is 81.9 Å². The molecule has 1 aliphatic heterocycles. The van der Waals surface area contributed by atoms with Crippen LogP contribution in [0.3, 0.4) is 0 Å². The van der Waals surface area contributed by atoms with Gasteiger partial charge in [0, 0.05) is 17.6 Å². The molecule has 22 heteroatoms. The van der Waals surface area contributed by atoms with Crippen LogP contribution in [0, 0.1) is 0 Å². The van der Waals surface area contributed by atoms with E-state index in [0.29, 0.717) is 13.0 Å². The van der Waals surface area contributed by atoms with Crippen LogP contribution in [0.5, 0.6) is 5.75 Å². The number of nitrogens with one attached hydrogen (secondary N) is 3. The molecule has 0 aromatic carbocycles. The monoisotopic (exact) mass is 701 g/mol. The summed E-state index contributed by atoms with van der Waals surface area (Å²) < 4.78 is 43.4. The Kier molecular flexibility index (Phi) is 11.6. The zero-order chi connectivity index (χ0) is 35.1. The lowest BCUT2D eigenvalue weighted by Gasteiger charge is -2.43. The van der Waals surface area contributed by atoms with Crippen LogP contribution in [-0.4, -0.2) is 105 Å². The summed E-state index contributed by atoms with van der Waals surface area (Å²) >= 11 is 0.890. The number of amides is 3. The number of unbranched alkanes of at least 4 members (excludes halogenated alkanes) is 1. The number of carbonyl (C=O) groups excluding carboxylic acids is 4. The third-order valence-corrected chi connectivity index (χ3v) is 7.87. The molecule has 0 unspecified atom stereocenters. The van der Waals surface area contributed by atoms with Crippen molar-refractivity contribution in [1.29, 1.82) is 0 Å². The molecule has 1 aliphatic rings. The Bertz CT molecular complexity index is 1740. The number of nitrogens with two attached hydrogens (primary N) is 1. The number of carboxylic acids is 1. The van der Waals surface area contributed by atoms with Crippen LogP contribution in [-0.2, 0) is 39.1 Å². The fraction of sp³-hybridized carbons (Fsp3) is 0.440. The number of anilines is 1. The number of hydrogen-bond donors (Lipinski definition) is 6. The van der Waals surface area contributed by atoms with Gasteiger partial charge >= 0.3 is 22.2 Å². The van der Waals surface area contributed by atoms with E-state index in [1.807, 2.05) is 6.92 Å². The van der Waals surface area contributed by atoms with Crippen LogP contribution in [0.15, 0.2) is 27.6 Å². The smallest absolute Gasteiger partial charge is 0.362 e. The third kappa shape index (κ3) is 9.23. The molecule has 20 nitrogen and oxygen atoms in total. The number of aromatic nitrogens is 2. The van der Waals surface area contributed by atoms with Gasteiger partial charge in [-0.2, -0.15) is 8.42 Å². The molecule has 0 aliphatic carbocycles. The molecular formula is C25H31N7O13S2. The number of carbonyl (C=O) groups is 5. The van der Waals surface area contributed by atoms with Crippen molar-refractivity contribution >= 4 is 62.1 Å². The lowest BCUT2D eigenvalue weighted by Crippen LogP contribution is -2.73. The van der Waals surface area contributed by atoms with Gasteiger partial charge < -0.3 is 40.8 Å². The number of β-lactam (4-membered cyclic amide) rings is 1. The van der Waals surface area contributed by atoms with Gasteiger partial charge in [-0.1, -0.05) is 18.5 Å². The first-order chi connectivity index (χ1) is 22.0. The molecule has 0 saturated carbocycles. The second-order valence-electron chi connectivity index (χ2n) is 10.2. The summed E-state index contributed by atoms with van der Waals surface area (Å²) in [6.07, 6.45) is 2.75. The van der Waals surface area contributed by atoms with Gasteiger partial charge in [-0.15, -0.1) is 11.3 Å². The minimum Gasteiger partial charge on any atom is -0.488 e. The fourth-order valence-corrected chi connectivity index (χ4v) is 5.05. The number of carboxylic acid groups (broad SMARTS) is 1. The number of hydrogen-bond acceptors (Lipinski definition) is 15. The van der Waals surface area contributed by atoms with Crippen LogP contribution >= 0.6 is 11.3 Å².